The van der Waals surface area contributed by atoms with Crippen LogP contribution in [0.4, 0.5) is 0 Å². The molecule has 2 atom stereocenters. The highest BCUT2D eigenvalue weighted by Crippen LogP contribution is 2.41. The summed E-state index contributed by atoms with van der Waals surface area (Å²) in [7, 11) is 1.26. The normalized spacial score (nSPS) is 21.7. The van der Waals surface area contributed by atoms with Crippen LogP contribution < -0.4 is 0 Å². The van der Waals surface area contributed by atoms with Gasteiger partial charge in [-0.3, -0.25) is 4.79 Å². The topological polar surface area (TPSA) is 106 Å². The lowest BCUT2D eigenvalue weighted by molar-refractivity contribution is -0.121. The Morgan fingerprint density at radius 3 is 3.15 bits per heavy atom. The van der Waals surface area contributed by atoms with E-state index < -0.39 is 12.1 Å². The lowest BCUT2D eigenvalue weighted by Gasteiger charge is -2.36. The van der Waals surface area contributed by atoms with Crippen LogP contribution in [-0.2, 0) is 16.1 Å². The van der Waals surface area contributed by atoms with Gasteiger partial charge >= 0.3 is 0 Å². The number of azide groups is 1. The summed E-state index contributed by atoms with van der Waals surface area (Å²) in [5.74, 6) is -0.128. The zero-order valence-electron chi connectivity index (χ0n) is 10.8. The second kappa shape index (κ2) is 6.19. The molecule has 1 aliphatic heterocycles. The molecule has 103 valence electrons. The summed E-state index contributed by atoms with van der Waals surface area (Å²) < 4.78 is 0. The predicted octanol–water partition coefficient (Wildman–Crippen LogP) is 1.35. The van der Waals surface area contributed by atoms with Crippen LogP contribution in [0.25, 0.3) is 10.4 Å². The maximum Gasteiger partial charge on any atom is 0.294 e. The van der Waals surface area contributed by atoms with E-state index in [0.717, 1.165) is 0 Å². The fourth-order valence-corrected chi connectivity index (χ4v) is 3.51. The third kappa shape index (κ3) is 2.61. The maximum absolute atomic E-state index is 11.9. The molecule has 7 nitrogen and oxygen atoms in total. The van der Waals surface area contributed by atoms with Gasteiger partial charge in [0.25, 0.3) is 7.41 Å². The van der Waals surface area contributed by atoms with Gasteiger partial charge in [-0.05, 0) is 29.0 Å². The molecule has 0 bridgehead atoms. The van der Waals surface area contributed by atoms with E-state index in [1.165, 1.54) is 30.5 Å². The molecule has 1 aliphatic rings. The lowest BCUT2D eigenvalue weighted by Crippen LogP contribution is -2.43. The van der Waals surface area contributed by atoms with Crippen LogP contribution in [0, 0.1) is 0 Å². The van der Waals surface area contributed by atoms with Gasteiger partial charge in [-0.2, -0.15) is 0 Å². The molecule has 2 rings (SSSR count). The van der Waals surface area contributed by atoms with E-state index in [1.807, 2.05) is 0 Å². The molecule has 0 amide bonds. The fourth-order valence-electron chi connectivity index (χ4n) is 2.43. The van der Waals surface area contributed by atoms with Crippen molar-refractivity contribution < 1.29 is 14.7 Å². The number of carbonyl (C=O) groups excluding carboxylic acids is 2. The summed E-state index contributed by atoms with van der Waals surface area (Å²) in [6.45, 7) is 1.75. The number of fused-ring (bicyclic) bond motifs is 1. The number of ketones is 1. The largest absolute Gasteiger partial charge is 0.386 e. The quantitative estimate of drug-likeness (QED) is 0.290. The Labute approximate surface area is 120 Å². The summed E-state index contributed by atoms with van der Waals surface area (Å²) in [5, 5.41) is 15.4. The number of Topliss-reactive ketones (excluding diaryl/α,β-unsaturated/α-hetero) is 1. The monoisotopic (exact) mass is 291 g/mol. The second-order valence-electron chi connectivity index (χ2n) is 4.44. The van der Waals surface area contributed by atoms with Crippen LogP contribution in [0.3, 0.4) is 0 Å². The van der Waals surface area contributed by atoms with E-state index in [-0.39, 0.29) is 18.9 Å². The molecular formula is C11H12BN4O3S. The third-order valence-corrected chi connectivity index (χ3v) is 4.32. The minimum absolute atomic E-state index is 0.119. The molecule has 2 unspecified atom stereocenters. The Kier molecular flexibility index (Phi) is 4.56. The number of aliphatic hydroxyl groups is 1. The van der Waals surface area contributed by atoms with Crippen molar-refractivity contribution in [3.63, 3.8) is 0 Å². The van der Waals surface area contributed by atoms with Gasteiger partial charge in [0.1, 0.15) is 11.9 Å². The number of aliphatic hydroxyl groups excluding tert-OH is 1. The van der Waals surface area contributed by atoms with Crippen molar-refractivity contribution in [1.82, 2.24) is 4.81 Å². The van der Waals surface area contributed by atoms with E-state index in [0.29, 0.717) is 22.2 Å². The molecule has 1 aromatic rings. The van der Waals surface area contributed by atoms with Crippen LogP contribution in [0.2, 0.25) is 0 Å². The zero-order valence-corrected chi connectivity index (χ0v) is 11.6. The van der Waals surface area contributed by atoms with Crippen LogP contribution in [0.1, 0.15) is 35.1 Å². The summed E-state index contributed by atoms with van der Waals surface area (Å²) in [5.41, 5.74) is 9.79. The molecule has 1 radical (unpaired) electrons. The first-order chi connectivity index (χ1) is 9.60. The Morgan fingerprint density at radius 1 is 1.80 bits per heavy atom. The lowest BCUT2D eigenvalue weighted by atomic mass is 9.82. The number of carbonyl (C=O) groups is 2. The summed E-state index contributed by atoms with van der Waals surface area (Å²) in [6, 6.07) is -0.617. The highest BCUT2D eigenvalue weighted by atomic mass is 32.1. The van der Waals surface area contributed by atoms with Gasteiger partial charge in [0, 0.05) is 16.3 Å². The molecular weight excluding hydrogens is 279 g/mol. The maximum atomic E-state index is 11.9. The first kappa shape index (κ1) is 14.7. The molecule has 0 fully saturated rings. The van der Waals surface area contributed by atoms with Crippen LogP contribution in [-0.4, -0.2) is 35.8 Å². The van der Waals surface area contributed by atoms with Crippen molar-refractivity contribution in [2.75, 3.05) is 6.54 Å². The average molecular weight is 291 g/mol. The second-order valence-corrected chi connectivity index (χ2v) is 5.35. The fraction of sp³-hybridized carbons (Fsp3) is 0.455. The third-order valence-electron chi connectivity index (χ3n) is 3.17. The standard InChI is InChI=1S/C11H12BN4O3S/c1-6(18)10-9-7(2-14-15-13)4-20-11(9)8(19)3-16(10)12-5-17/h4-5,8,10,19H,2-3H2,1H3. The van der Waals surface area contributed by atoms with Crippen molar-refractivity contribution in [3.05, 3.63) is 31.8 Å². The van der Waals surface area contributed by atoms with E-state index in [4.69, 9.17) is 5.53 Å². The molecule has 20 heavy (non-hydrogen) atoms. The number of thiophene rings is 1. The predicted molar refractivity (Wildman–Crippen MR) is 74.8 cm³/mol. The first-order valence-corrected chi connectivity index (χ1v) is 6.82. The minimum atomic E-state index is -0.762. The summed E-state index contributed by atoms with van der Waals surface area (Å²) >= 11 is 1.34. The Hall–Kier alpha value is -1.67. The SMILES string of the molecule is CC(=O)C1c2c(CN=[N+]=[N-])csc2C(O)CN1[B]C=O. The van der Waals surface area contributed by atoms with E-state index in [2.05, 4.69) is 10.0 Å². The smallest absolute Gasteiger partial charge is 0.294 e. The molecule has 0 aliphatic carbocycles. The Morgan fingerprint density at radius 2 is 2.55 bits per heavy atom. The van der Waals surface area contributed by atoms with Gasteiger partial charge in [-0.25, -0.2) is 0 Å². The van der Waals surface area contributed by atoms with E-state index >= 15 is 0 Å². The molecule has 9 heteroatoms. The molecule has 1 N–H and O–H groups in total. The highest BCUT2D eigenvalue weighted by Gasteiger charge is 2.37. The minimum Gasteiger partial charge on any atom is -0.386 e. The highest BCUT2D eigenvalue weighted by molar-refractivity contribution is 7.10. The molecule has 2 heterocycles. The number of nitrogens with zero attached hydrogens (tertiary/aromatic N) is 4. The van der Waals surface area contributed by atoms with Gasteiger partial charge in [0.15, 0.2) is 0 Å². The van der Waals surface area contributed by atoms with Crippen molar-refractivity contribution in [2.24, 2.45) is 5.11 Å². The number of rotatable bonds is 5. The average Bonchev–Trinajstić information content (AvgIpc) is 2.81. The van der Waals surface area contributed by atoms with Gasteiger partial charge < -0.3 is 14.7 Å². The molecule has 0 spiro atoms. The van der Waals surface area contributed by atoms with Gasteiger partial charge in [-0.1, -0.05) is 5.11 Å². The van der Waals surface area contributed by atoms with Crippen molar-refractivity contribution in [3.8, 4) is 0 Å². The molecule has 0 saturated carbocycles. The molecule has 1 aromatic heterocycles. The van der Waals surface area contributed by atoms with Gasteiger partial charge in [0.05, 0.1) is 18.8 Å². The Balaban J connectivity index is 2.49. The van der Waals surface area contributed by atoms with Crippen LogP contribution in [0.15, 0.2) is 10.5 Å². The van der Waals surface area contributed by atoms with Gasteiger partial charge in [0.2, 0.25) is 0 Å². The number of β-amino-alcohol motifs (C(OH)–C–C–N with tert-alkyl or cyclic N) is 1. The van der Waals surface area contributed by atoms with E-state index in [9.17, 15) is 14.7 Å². The van der Waals surface area contributed by atoms with E-state index in [1.54, 1.807) is 5.38 Å². The van der Waals surface area contributed by atoms with Crippen LogP contribution >= 0.6 is 11.3 Å². The van der Waals surface area contributed by atoms with Gasteiger partial charge in [-0.15, -0.1) is 11.3 Å². The number of hydrogen-bond acceptors (Lipinski definition) is 6. The zero-order chi connectivity index (χ0) is 14.7. The summed E-state index contributed by atoms with van der Waals surface area (Å²) in [4.78, 5) is 27.5. The first-order valence-electron chi connectivity index (χ1n) is 5.94. The molecule has 0 aromatic carbocycles. The van der Waals surface area contributed by atoms with Crippen molar-refractivity contribution in [2.45, 2.75) is 25.6 Å². The number of hydrogen-bond donors (Lipinski definition) is 1. The molecule has 0 saturated heterocycles. The van der Waals surface area contributed by atoms with Crippen molar-refractivity contribution in [1.29, 1.82) is 0 Å². The Bertz CT molecular complexity index is 584. The summed E-state index contributed by atoms with van der Waals surface area (Å²) in [6.07, 6.45) is -0.172. The van der Waals surface area contributed by atoms with Crippen molar-refractivity contribution >= 4 is 30.7 Å². The van der Waals surface area contributed by atoms with Crippen LogP contribution in [0.5, 0.6) is 0 Å².